The highest BCUT2D eigenvalue weighted by atomic mass is 19.4. The Morgan fingerprint density at radius 1 is 1.29 bits per heavy atom. The number of hydrazine groups is 1. The number of esters is 1. The molecule has 1 aliphatic heterocycles. The first kappa shape index (κ1) is 26.8. The molecule has 34 heavy (non-hydrogen) atoms. The molecule has 0 saturated heterocycles. The summed E-state index contributed by atoms with van der Waals surface area (Å²) in [6, 6.07) is 1.65. The summed E-state index contributed by atoms with van der Waals surface area (Å²) in [4.78, 5) is 16.6. The predicted octanol–water partition coefficient (Wildman–Crippen LogP) is 3.09. The molecule has 0 bridgehead atoms. The molecular weight excluding hydrogens is 484 g/mol. The smallest absolute Gasteiger partial charge is 0.569 e. The number of carbonyl (C=O) groups is 1. The Hall–Kier alpha value is -3.43. The van der Waals surface area contributed by atoms with Crippen LogP contribution in [0, 0.1) is 5.21 Å². The number of fused-ring (bicyclic) bond motifs is 1. The van der Waals surface area contributed by atoms with Crippen molar-refractivity contribution in [3.63, 3.8) is 0 Å². The van der Waals surface area contributed by atoms with Crippen LogP contribution in [-0.4, -0.2) is 66.7 Å². The Balaban J connectivity index is 2.30. The summed E-state index contributed by atoms with van der Waals surface area (Å²) in [6.07, 6.45) is -12.2. The van der Waals surface area contributed by atoms with E-state index in [2.05, 4.69) is 19.6 Å². The second-order valence-corrected chi connectivity index (χ2v) is 6.66. The van der Waals surface area contributed by atoms with Crippen LogP contribution in [0.5, 0.6) is 11.5 Å². The number of aliphatic hydroxyl groups is 1. The second kappa shape index (κ2) is 10.7. The van der Waals surface area contributed by atoms with Gasteiger partial charge in [-0.05, 0) is 30.2 Å². The molecule has 1 aromatic rings. The Kier molecular flexibility index (Phi) is 8.41. The van der Waals surface area contributed by atoms with Crippen LogP contribution in [0.3, 0.4) is 0 Å². The average Bonchev–Trinajstić information content (AvgIpc) is 2.73. The maximum Gasteiger partial charge on any atom is 0.573 e. The van der Waals surface area contributed by atoms with Gasteiger partial charge >= 0.3 is 18.5 Å². The Bertz CT molecular complexity index is 949. The topological polar surface area (TPSA) is 116 Å². The minimum absolute atomic E-state index is 0.00134. The van der Waals surface area contributed by atoms with Gasteiger partial charge in [-0.1, -0.05) is 6.92 Å². The third-order valence-corrected chi connectivity index (χ3v) is 4.23. The van der Waals surface area contributed by atoms with E-state index in [1.807, 2.05) is 0 Å². The van der Waals surface area contributed by atoms with Crippen LogP contribution in [0.2, 0.25) is 0 Å². The summed E-state index contributed by atoms with van der Waals surface area (Å²) in [6.45, 7) is -0.0994. The Labute approximate surface area is 188 Å². The highest BCUT2D eigenvalue weighted by molar-refractivity contribution is 5.96. The molecule has 0 saturated carbocycles. The SMILES string of the molecule is CCc1cc(OC(F)(F)F)cc2c1OC(C(F)(F)F)C(C(=O)OCON=[N+]([O-])N(C)CCO)=C2. The number of aryl methyl sites for hydroxylation is 1. The molecule has 0 spiro atoms. The number of alkyl halides is 6. The Morgan fingerprint density at radius 3 is 2.53 bits per heavy atom. The fourth-order valence-corrected chi connectivity index (χ4v) is 2.75. The maximum atomic E-state index is 13.6. The van der Waals surface area contributed by atoms with E-state index in [1.54, 1.807) is 0 Å². The molecule has 16 heteroatoms. The summed E-state index contributed by atoms with van der Waals surface area (Å²) >= 11 is 0. The lowest BCUT2D eigenvalue weighted by Gasteiger charge is -2.29. The summed E-state index contributed by atoms with van der Waals surface area (Å²) in [5.74, 6) is -2.66. The normalized spacial score (nSPS) is 16.2. The lowest BCUT2D eigenvalue weighted by molar-refractivity contribution is -0.706. The fraction of sp³-hybridized carbons (Fsp3) is 0.500. The van der Waals surface area contributed by atoms with Crippen LogP contribution in [0.4, 0.5) is 26.3 Å². The van der Waals surface area contributed by atoms with Gasteiger partial charge in [0, 0.05) is 5.56 Å². The number of benzene rings is 1. The van der Waals surface area contributed by atoms with Crippen LogP contribution in [0.15, 0.2) is 23.0 Å². The van der Waals surface area contributed by atoms with Crippen molar-refractivity contribution in [2.24, 2.45) is 5.28 Å². The molecule has 0 radical (unpaired) electrons. The van der Waals surface area contributed by atoms with Crippen LogP contribution in [-0.2, 0) is 20.8 Å². The number of hydrogen-bond donors (Lipinski definition) is 1. The quantitative estimate of drug-likeness (QED) is 0.104. The number of rotatable bonds is 9. The number of aliphatic hydroxyl groups excluding tert-OH is 1. The molecule has 10 nitrogen and oxygen atoms in total. The molecule has 190 valence electrons. The monoisotopic (exact) mass is 503 g/mol. The van der Waals surface area contributed by atoms with Gasteiger partial charge < -0.3 is 29.4 Å². The zero-order chi connectivity index (χ0) is 25.7. The largest absolute Gasteiger partial charge is 0.573 e. The number of hydrogen-bond acceptors (Lipinski definition) is 8. The van der Waals surface area contributed by atoms with Crippen LogP contribution in [0.25, 0.3) is 6.08 Å². The molecular formula is C18H19F6N3O7. The lowest BCUT2D eigenvalue weighted by Crippen LogP contribution is -2.41. The standard InChI is InChI=1S/C18H19F6N3O7/c1-3-10-6-12(34-18(22,23)24)7-11-8-13(15(17(19,20)21)33-14(10)11)16(29)31-9-32-25-27(30)26(2)4-5-28/h6-8,15,28H,3-5,9H2,1-2H3. The van der Waals surface area contributed by atoms with Crippen molar-refractivity contribution in [3.8, 4) is 11.5 Å². The van der Waals surface area contributed by atoms with Crippen LogP contribution < -0.4 is 9.47 Å². The third-order valence-electron chi connectivity index (χ3n) is 4.23. The van der Waals surface area contributed by atoms with Gasteiger partial charge in [0.2, 0.25) is 11.4 Å². The van der Waals surface area contributed by atoms with E-state index >= 15 is 0 Å². The van der Waals surface area contributed by atoms with E-state index in [0.717, 1.165) is 17.1 Å². The summed E-state index contributed by atoms with van der Waals surface area (Å²) < 4.78 is 91.8. The van der Waals surface area contributed by atoms with Gasteiger partial charge in [0.15, 0.2) is 0 Å². The number of ether oxygens (including phenoxy) is 3. The third kappa shape index (κ3) is 7.03. The molecule has 0 aromatic heterocycles. The van der Waals surface area contributed by atoms with Gasteiger partial charge in [0.1, 0.15) is 11.5 Å². The predicted molar refractivity (Wildman–Crippen MR) is 98.8 cm³/mol. The van der Waals surface area contributed by atoms with Crippen molar-refractivity contribution in [1.29, 1.82) is 0 Å². The number of halogens is 6. The molecule has 1 aliphatic rings. The molecule has 2 rings (SSSR count). The van der Waals surface area contributed by atoms with Gasteiger partial charge in [0.05, 0.1) is 30.7 Å². The molecule has 1 atom stereocenters. The van der Waals surface area contributed by atoms with Crippen LogP contribution in [0.1, 0.15) is 18.1 Å². The zero-order valence-electron chi connectivity index (χ0n) is 17.6. The first-order valence-corrected chi connectivity index (χ1v) is 9.43. The van der Waals surface area contributed by atoms with Crippen molar-refractivity contribution < 1.29 is 60.3 Å². The van der Waals surface area contributed by atoms with E-state index in [0.29, 0.717) is 6.08 Å². The van der Waals surface area contributed by atoms with E-state index in [4.69, 9.17) is 9.84 Å². The van der Waals surface area contributed by atoms with E-state index in [1.165, 1.54) is 14.0 Å². The molecule has 0 aliphatic carbocycles. The van der Waals surface area contributed by atoms with Gasteiger partial charge in [-0.15, -0.1) is 18.2 Å². The lowest BCUT2D eigenvalue weighted by atomic mass is 9.97. The van der Waals surface area contributed by atoms with Gasteiger partial charge in [-0.3, -0.25) is 0 Å². The second-order valence-electron chi connectivity index (χ2n) is 6.66. The van der Waals surface area contributed by atoms with Gasteiger partial charge in [0.25, 0.3) is 6.79 Å². The summed E-state index contributed by atoms with van der Waals surface area (Å²) in [5, 5.41) is 23.9. The van der Waals surface area contributed by atoms with Crippen molar-refractivity contribution in [3.05, 3.63) is 34.0 Å². The van der Waals surface area contributed by atoms with E-state index in [9.17, 15) is 36.3 Å². The molecule has 1 N–H and O–H groups in total. The highest BCUT2D eigenvalue weighted by Gasteiger charge is 2.49. The maximum absolute atomic E-state index is 13.6. The zero-order valence-corrected chi connectivity index (χ0v) is 17.6. The molecule has 0 amide bonds. The van der Waals surface area contributed by atoms with Crippen molar-refractivity contribution in [2.75, 3.05) is 27.0 Å². The number of carbonyl (C=O) groups excluding carboxylic acids is 1. The molecule has 1 heterocycles. The van der Waals surface area contributed by atoms with Gasteiger partial charge in [-0.25, -0.2) is 4.79 Å². The molecule has 0 fully saturated rings. The number of nitrogens with zero attached hydrogens (tertiary/aromatic N) is 3. The summed E-state index contributed by atoms with van der Waals surface area (Å²) in [5.41, 5.74) is -1.36. The highest BCUT2D eigenvalue weighted by Crippen LogP contribution is 2.42. The Morgan fingerprint density at radius 2 is 1.97 bits per heavy atom. The van der Waals surface area contributed by atoms with E-state index in [-0.39, 0.29) is 41.4 Å². The first-order valence-electron chi connectivity index (χ1n) is 9.43. The summed E-state index contributed by atoms with van der Waals surface area (Å²) in [7, 11) is 1.24. The van der Waals surface area contributed by atoms with Gasteiger partial charge in [-0.2, -0.15) is 13.2 Å². The van der Waals surface area contributed by atoms with Crippen molar-refractivity contribution >= 4 is 12.0 Å². The average molecular weight is 503 g/mol. The fourth-order valence-electron chi connectivity index (χ4n) is 2.75. The molecule has 1 aromatic carbocycles. The van der Waals surface area contributed by atoms with Crippen molar-refractivity contribution in [2.45, 2.75) is 32.0 Å². The van der Waals surface area contributed by atoms with Crippen molar-refractivity contribution in [1.82, 2.24) is 5.01 Å². The van der Waals surface area contributed by atoms with Crippen LogP contribution >= 0.6 is 0 Å². The first-order chi connectivity index (χ1) is 15.8. The number of likely N-dealkylation sites (N-methyl/N-ethyl adjacent to an activating group) is 1. The van der Waals surface area contributed by atoms with E-state index < -0.39 is 42.7 Å². The minimum Gasteiger partial charge on any atom is -0.569 e. The molecule has 1 unspecified atom stereocenters. The minimum atomic E-state index is -5.08.